The number of benzene rings is 1. The molecule has 0 saturated heterocycles. The molecule has 0 radical (unpaired) electrons. The molecule has 2 N–H and O–H groups in total. The summed E-state index contributed by atoms with van der Waals surface area (Å²) in [5.41, 5.74) is 1.97. The van der Waals surface area contributed by atoms with Crippen LogP contribution in [0.5, 0.6) is 0 Å². The second-order valence-corrected chi connectivity index (χ2v) is 6.56. The van der Waals surface area contributed by atoms with Crippen molar-refractivity contribution in [3.05, 3.63) is 47.5 Å². The average Bonchev–Trinajstić information content (AvgIpc) is 2.50. The van der Waals surface area contributed by atoms with Gasteiger partial charge in [-0.05, 0) is 35.8 Å². The number of aliphatic hydroxyl groups excluding tert-OH is 2. The lowest BCUT2D eigenvalue weighted by Crippen LogP contribution is -2.61. The van der Waals surface area contributed by atoms with Gasteiger partial charge in [0.05, 0.1) is 13.2 Å². The van der Waals surface area contributed by atoms with Gasteiger partial charge in [-0.25, -0.2) is 0 Å². The first-order valence-electron chi connectivity index (χ1n) is 7.61. The van der Waals surface area contributed by atoms with Crippen LogP contribution < -0.4 is 0 Å². The van der Waals surface area contributed by atoms with Gasteiger partial charge in [-0.1, -0.05) is 50.3 Å². The van der Waals surface area contributed by atoms with E-state index in [1.807, 2.05) is 0 Å². The van der Waals surface area contributed by atoms with Crippen molar-refractivity contribution in [3.8, 4) is 0 Å². The predicted molar refractivity (Wildman–Crippen MR) is 80.5 cm³/mol. The number of aryl methyl sites for hydroxylation is 1. The van der Waals surface area contributed by atoms with Gasteiger partial charge in [0.1, 0.15) is 0 Å². The van der Waals surface area contributed by atoms with Crippen molar-refractivity contribution >= 4 is 0 Å². The summed E-state index contributed by atoms with van der Waals surface area (Å²) in [7, 11) is 0. The van der Waals surface area contributed by atoms with E-state index in [4.69, 9.17) is 0 Å². The summed E-state index contributed by atoms with van der Waals surface area (Å²) in [6.07, 6.45) is 6.37. The lowest BCUT2D eigenvalue weighted by molar-refractivity contribution is -0.0683. The Bertz CT molecular complexity index is 536. The van der Waals surface area contributed by atoms with E-state index in [1.54, 1.807) is 0 Å². The summed E-state index contributed by atoms with van der Waals surface area (Å²) in [6, 6.07) is 8.45. The fourth-order valence-corrected chi connectivity index (χ4v) is 4.79. The molecule has 0 unspecified atom stereocenters. The Morgan fingerprint density at radius 2 is 1.75 bits per heavy atom. The Hall–Kier alpha value is -1.12. The standard InChI is InChI=1S/C18H24O2/c1-13-7-8-14(2)18(12-20)16-6-4-3-5-15(16)9-10-17(13,18)11-19/h3-8,13-14,19-20H,9-12H2,1-2H3/t13-,14-,17-,18+/m0/s1. The number of allylic oxidation sites excluding steroid dienone is 2. The van der Waals surface area contributed by atoms with Crippen LogP contribution in [0.25, 0.3) is 0 Å². The lowest BCUT2D eigenvalue weighted by Gasteiger charge is -2.60. The molecule has 0 saturated carbocycles. The fraction of sp³-hybridized carbons (Fsp3) is 0.556. The minimum absolute atomic E-state index is 0.0976. The maximum Gasteiger partial charge on any atom is 0.0540 e. The van der Waals surface area contributed by atoms with Crippen LogP contribution in [0.4, 0.5) is 0 Å². The molecule has 0 spiro atoms. The minimum atomic E-state index is -0.356. The van der Waals surface area contributed by atoms with Crippen molar-refractivity contribution in [2.45, 2.75) is 32.1 Å². The Kier molecular flexibility index (Phi) is 3.26. The summed E-state index contributed by atoms with van der Waals surface area (Å²) in [5, 5.41) is 20.6. The van der Waals surface area contributed by atoms with Crippen molar-refractivity contribution in [2.75, 3.05) is 13.2 Å². The summed E-state index contributed by atoms with van der Waals surface area (Å²) >= 11 is 0. The van der Waals surface area contributed by atoms with E-state index in [-0.39, 0.29) is 35.9 Å². The molecule has 0 amide bonds. The minimum Gasteiger partial charge on any atom is -0.396 e. The number of hydrogen-bond donors (Lipinski definition) is 2. The molecular formula is C18H24O2. The van der Waals surface area contributed by atoms with Gasteiger partial charge in [0.2, 0.25) is 0 Å². The molecule has 2 nitrogen and oxygen atoms in total. The van der Waals surface area contributed by atoms with Gasteiger partial charge in [0.25, 0.3) is 0 Å². The molecule has 4 atom stereocenters. The summed E-state index contributed by atoms with van der Waals surface area (Å²) in [4.78, 5) is 0. The molecule has 1 aromatic carbocycles. The Morgan fingerprint density at radius 1 is 1.05 bits per heavy atom. The highest BCUT2D eigenvalue weighted by molar-refractivity contribution is 5.44. The van der Waals surface area contributed by atoms with Gasteiger partial charge in [-0.15, -0.1) is 0 Å². The van der Waals surface area contributed by atoms with Gasteiger partial charge in [-0.3, -0.25) is 0 Å². The van der Waals surface area contributed by atoms with E-state index in [2.05, 4.69) is 50.3 Å². The quantitative estimate of drug-likeness (QED) is 0.813. The third kappa shape index (κ3) is 1.47. The van der Waals surface area contributed by atoms with E-state index in [9.17, 15) is 10.2 Å². The second-order valence-electron chi connectivity index (χ2n) is 6.56. The molecule has 20 heavy (non-hydrogen) atoms. The molecule has 2 heteroatoms. The predicted octanol–water partition coefficient (Wildman–Crippen LogP) is 2.68. The van der Waals surface area contributed by atoms with E-state index in [0.717, 1.165) is 12.8 Å². The molecule has 2 aliphatic carbocycles. The zero-order valence-electron chi connectivity index (χ0n) is 12.3. The molecular weight excluding hydrogens is 248 g/mol. The zero-order chi connectivity index (χ0) is 14.4. The largest absolute Gasteiger partial charge is 0.396 e. The van der Waals surface area contributed by atoms with Gasteiger partial charge >= 0.3 is 0 Å². The number of fused-ring (bicyclic) bond motifs is 3. The maximum absolute atomic E-state index is 10.4. The molecule has 0 aromatic heterocycles. The van der Waals surface area contributed by atoms with Crippen LogP contribution in [0.1, 0.15) is 31.4 Å². The Morgan fingerprint density at radius 3 is 2.45 bits per heavy atom. The van der Waals surface area contributed by atoms with Crippen LogP contribution in [0, 0.1) is 17.3 Å². The molecule has 3 rings (SSSR count). The third-order valence-corrected chi connectivity index (χ3v) is 6.10. The molecule has 0 aliphatic heterocycles. The van der Waals surface area contributed by atoms with E-state index in [0.29, 0.717) is 0 Å². The number of aliphatic hydroxyl groups is 2. The van der Waals surface area contributed by atoms with Crippen LogP contribution in [0.3, 0.4) is 0 Å². The molecule has 0 fully saturated rings. The first-order valence-corrected chi connectivity index (χ1v) is 7.61. The van der Waals surface area contributed by atoms with Crippen molar-refractivity contribution in [1.29, 1.82) is 0 Å². The van der Waals surface area contributed by atoms with Crippen molar-refractivity contribution < 1.29 is 10.2 Å². The maximum atomic E-state index is 10.4. The third-order valence-electron chi connectivity index (χ3n) is 6.10. The Labute approximate surface area is 121 Å². The van der Waals surface area contributed by atoms with Crippen molar-refractivity contribution in [3.63, 3.8) is 0 Å². The number of rotatable bonds is 2. The smallest absolute Gasteiger partial charge is 0.0540 e. The van der Waals surface area contributed by atoms with Crippen LogP contribution >= 0.6 is 0 Å². The summed E-state index contributed by atoms with van der Waals surface area (Å²) in [5.74, 6) is 0.515. The van der Waals surface area contributed by atoms with E-state index >= 15 is 0 Å². The van der Waals surface area contributed by atoms with Crippen LogP contribution in [-0.2, 0) is 11.8 Å². The van der Waals surface area contributed by atoms with E-state index < -0.39 is 0 Å². The summed E-state index contributed by atoms with van der Waals surface area (Å²) in [6.45, 7) is 4.58. The molecule has 0 heterocycles. The van der Waals surface area contributed by atoms with Crippen molar-refractivity contribution in [1.82, 2.24) is 0 Å². The lowest BCUT2D eigenvalue weighted by atomic mass is 9.44. The zero-order valence-corrected chi connectivity index (χ0v) is 12.3. The van der Waals surface area contributed by atoms with Gasteiger partial charge in [0.15, 0.2) is 0 Å². The molecule has 2 aliphatic rings. The normalized spacial score (nSPS) is 39.2. The Balaban J connectivity index is 2.30. The topological polar surface area (TPSA) is 40.5 Å². The van der Waals surface area contributed by atoms with Gasteiger partial charge in [-0.2, -0.15) is 0 Å². The highest BCUT2D eigenvalue weighted by Crippen LogP contribution is 2.60. The highest BCUT2D eigenvalue weighted by Gasteiger charge is 2.59. The molecule has 108 valence electrons. The first kappa shape index (κ1) is 13.8. The molecule has 1 aromatic rings. The van der Waals surface area contributed by atoms with Crippen LogP contribution in [0.15, 0.2) is 36.4 Å². The van der Waals surface area contributed by atoms with Crippen molar-refractivity contribution in [2.24, 2.45) is 17.3 Å². The van der Waals surface area contributed by atoms with Gasteiger partial charge < -0.3 is 10.2 Å². The monoisotopic (exact) mass is 272 g/mol. The first-order chi connectivity index (χ1) is 9.62. The number of hydrogen-bond acceptors (Lipinski definition) is 2. The van der Waals surface area contributed by atoms with Crippen LogP contribution in [0.2, 0.25) is 0 Å². The second kappa shape index (κ2) is 4.71. The average molecular weight is 272 g/mol. The summed E-state index contributed by atoms with van der Waals surface area (Å²) < 4.78 is 0. The fourth-order valence-electron chi connectivity index (χ4n) is 4.79. The molecule has 0 bridgehead atoms. The highest BCUT2D eigenvalue weighted by atomic mass is 16.3. The SMILES string of the molecule is C[C@H]1C=C[C@H](C)[C@]2(CO)c3ccccc3CC[C@]12CO. The van der Waals surface area contributed by atoms with Crippen LogP contribution in [-0.4, -0.2) is 23.4 Å². The van der Waals surface area contributed by atoms with E-state index in [1.165, 1.54) is 11.1 Å². The van der Waals surface area contributed by atoms with Gasteiger partial charge in [0, 0.05) is 10.8 Å².